The van der Waals surface area contributed by atoms with Gasteiger partial charge in [-0.1, -0.05) is 19.3 Å². The molecule has 0 spiro atoms. The summed E-state index contributed by atoms with van der Waals surface area (Å²) >= 11 is 0. The van der Waals surface area contributed by atoms with Gasteiger partial charge < -0.3 is 5.11 Å². The third-order valence-corrected chi connectivity index (χ3v) is 3.76. The minimum Gasteiger partial charge on any atom is -0.481 e. The third-order valence-electron chi connectivity index (χ3n) is 3.76. The maximum atomic E-state index is 11.0. The maximum absolute atomic E-state index is 11.0. The number of hydrogen-bond donors (Lipinski definition) is 1. The Morgan fingerprint density at radius 2 is 2.24 bits per heavy atom. The lowest BCUT2D eigenvalue weighted by Crippen LogP contribution is -2.25. The van der Waals surface area contributed by atoms with Gasteiger partial charge in [0.25, 0.3) is 0 Å². The molecule has 6 heteroatoms. The fraction of sp³-hybridized carbons (Fsp3) is 0.818. The van der Waals surface area contributed by atoms with E-state index in [9.17, 15) is 4.79 Å². The standard InChI is InChI=1S/C11H18N4O2/c1-7(11(16)17)8(2)15-10(12-13-14-15)6-9-4-3-5-9/h7-9H,3-6H2,1-2H3,(H,16,17). The highest BCUT2D eigenvalue weighted by molar-refractivity contribution is 5.70. The molecule has 0 bridgehead atoms. The largest absolute Gasteiger partial charge is 0.481 e. The molecule has 0 amide bonds. The average molecular weight is 238 g/mol. The van der Waals surface area contributed by atoms with Crippen molar-refractivity contribution in [1.29, 1.82) is 0 Å². The van der Waals surface area contributed by atoms with Crippen molar-refractivity contribution in [3.8, 4) is 0 Å². The van der Waals surface area contributed by atoms with Crippen LogP contribution in [0.25, 0.3) is 0 Å². The summed E-state index contributed by atoms with van der Waals surface area (Å²) in [7, 11) is 0. The Balaban J connectivity index is 2.09. The molecule has 1 aromatic heterocycles. The molecule has 1 aromatic rings. The molecule has 2 rings (SSSR count). The Bertz CT molecular complexity index is 400. The molecule has 0 aliphatic heterocycles. The Kier molecular flexibility index (Phi) is 3.40. The van der Waals surface area contributed by atoms with E-state index >= 15 is 0 Å². The summed E-state index contributed by atoms with van der Waals surface area (Å²) in [4.78, 5) is 11.0. The monoisotopic (exact) mass is 238 g/mol. The molecule has 1 fully saturated rings. The van der Waals surface area contributed by atoms with Gasteiger partial charge in [0.15, 0.2) is 5.82 Å². The molecule has 2 unspecified atom stereocenters. The van der Waals surface area contributed by atoms with Gasteiger partial charge in [-0.25, -0.2) is 4.68 Å². The Labute approximate surface area is 100 Å². The van der Waals surface area contributed by atoms with Crippen molar-refractivity contribution in [3.05, 3.63) is 5.82 Å². The molecule has 94 valence electrons. The van der Waals surface area contributed by atoms with Crippen LogP contribution in [-0.2, 0) is 11.2 Å². The molecule has 1 N–H and O–H groups in total. The van der Waals surface area contributed by atoms with Crippen molar-refractivity contribution < 1.29 is 9.90 Å². The molecule has 6 nitrogen and oxygen atoms in total. The highest BCUT2D eigenvalue weighted by Gasteiger charge is 2.26. The van der Waals surface area contributed by atoms with Crippen LogP contribution in [0.5, 0.6) is 0 Å². The van der Waals surface area contributed by atoms with Crippen molar-refractivity contribution in [2.24, 2.45) is 11.8 Å². The number of carboxylic acids is 1. The van der Waals surface area contributed by atoms with E-state index in [1.54, 1.807) is 11.6 Å². The topological polar surface area (TPSA) is 80.9 Å². The van der Waals surface area contributed by atoms with Crippen LogP contribution in [0.2, 0.25) is 0 Å². The molecule has 1 aliphatic carbocycles. The van der Waals surface area contributed by atoms with Crippen molar-refractivity contribution >= 4 is 5.97 Å². The smallest absolute Gasteiger partial charge is 0.308 e. The highest BCUT2D eigenvalue weighted by atomic mass is 16.4. The average Bonchev–Trinajstić information content (AvgIpc) is 2.69. The second kappa shape index (κ2) is 4.81. The van der Waals surface area contributed by atoms with Gasteiger partial charge in [-0.15, -0.1) is 5.10 Å². The van der Waals surface area contributed by atoms with Crippen LogP contribution < -0.4 is 0 Å². The maximum Gasteiger partial charge on any atom is 0.308 e. The van der Waals surface area contributed by atoms with E-state index in [0.29, 0.717) is 5.92 Å². The van der Waals surface area contributed by atoms with E-state index in [1.807, 2.05) is 6.92 Å². The van der Waals surface area contributed by atoms with E-state index in [0.717, 1.165) is 12.2 Å². The second-order valence-corrected chi connectivity index (χ2v) is 4.91. The van der Waals surface area contributed by atoms with Crippen molar-refractivity contribution in [2.45, 2.75) is 45.6 Å². The van der Waals surface area contributed by atoms with Gasteiger partial charge in [0, 0.05) is 6.42 Å². The number of aliphatic carboxylic acids is 1. The zero-order chi connectivity index (χ0) is 12.4. The van der Waals surface area contributed by atoms with E-state index < -0.39 is 11.9 Å². The van der Waals surface area contributed by atoms with Crippen LogP contribution in [-0.4, -0.2) is 31.3 Å². The van der Waals surface area contributed by atoms with Gasteiger partial charge in [-0.2, -0.15) is 0 Å². The predicted molar refractivity (Wildman–Crippen MR) is 60.4 cm³/mol. The van der Waals surface area contributed by atoms with Gasteiger partial charge in [-0.3, -0.25) is 4.79 Å². The summed E-state index contributed by atoms with van der Waals surface area (Å²) in [5, 5.41) is 20.6. The zero-order valence-corrected chi connectivity index (χ0v) is 10.2. The molecule has 1 aliphatic rings. The lowest BCUT2D eigenvalue weighted by atomic mass is 9.83. The normalized spacial score (nSPS) is 19.6. The minimum atomic E-state index is -0.817. The fourth-order valence-corrected chi connectivity index (χ4v) is 2.04. The lowest BCUT2D eigenvalue weighted by molar-refractivity contribution is -0.142. The molecule has 1 heterocycles. The van der Waals surface area contributed by atoms with E-state index in [1.165, 1.54) is 19.3 Å². The van der Waals surface area contributed by atoms with Crippen LogP contribution in [0.1, 0.15) is 45.0 Å². The first-order valence-corrected chi connectivity index (χ1v) is 6.09. The number of tetrazole rings is 1. The molecular formula is C11H18N4O2. The Hall–Kier alpha value is -1.46. The van der Waals surface area contributed by atoms with E-state index in [2.05, 4.69) is 15.5 Å². The van der Waals surface area contributed by atoms with Gasteiger partial charge >= 0.3 is 5.97 Å². The number of carboxylic acid groups (broad SMARTS) is 1. The van der Waals surface area contributed by atoms with E-state index in [-0.39, 0.29) is 6.04 Å². The molecule has 0 aromatic carbocycles. The first-order chi connectivity index (χ1) is 8.09. The molecular weight excluding hydrogens is 220 g/mol. The second-order valence-electron chi connectivity index (χ2n) is 4.91. The Morgan fingerprint density at radius 3 is 2.76 bits per heavy atom. The summed E-state index contributed by atoms with van der Waals surface area (Å²) in [5.74, 6) is 0.184. The molecule has 0 radical (unpaired) electrons. The van der Waals surface area contributed by atoms with Crippen LogP contribution in [0, 0.1) is 11.8 Å². The van der Waals surface area contributed by atoms with Gasteiger partial charge in [-0.05, 0) is 30.2 Å². The zero-order valence-electron chi connectivity index (χ0n) is 10.2. The van der Waals surface area contributed by atoms with Gasteiger partial charge in [0.1, 0.15) is 0 Å². The number of rotatable bonds is 5. The third kappa shape index (κ3) is 2.45. The first-order valence-electron chi connectivity index (χ1n) is 6.09. The summed E-state index contributed by atoms with van der Waals surface area (Å²) in [5.41, 5.74) is 0. The van der Waals surface area contributed by atoms with E-state index in [4.69, 9.17) is 5.11 Å². The lowest BCUT2D eigenvalue weighted by Gasteiger charge is -2.25. The molecule has 0 saturated heterocycles. The summed E-state index contributed by atoms with van der Waals surface area (Å²) in [6.07, 6.45) is 4.61. The number of carbonyl (C=O) groups is 1. The van der Waals surface area contributed by atoms with Crippen molar-refractivity contribution in [1.82, 2.24) is 20.2 Å². The van der Waals surface area contributed by atoms with Crippen LogP contribution >= 0.6 is 0 Å². The predicted octanol–water partition coefficient (Wildman–Crippen LogP) is 1.30. The summed E-state index contributed by atoms with van der Waals surface area (Å²) in [6.45, 7) is 3.53. The van der Waals surface area contributed by atoms with Crippen LogP contribution in [0.3, 0.4) is 0 Å². The number of nitrogens with zero attached hydrogens (tertiary/aromatic N) is 4. The van der Waals surface area contributed by atoms with Crippen LogP contribution in [0.15, 0.2) is 0 Å². The Morgan fingerprint density at radius 1 is 1.53 bits per heavy atom. The van der Waals surface area contributed by atoms with Crippen LogP contribution in [0.4, 0.5) is 0 Å². The number of aromatic nitrogens is 4. The van der Waals surface area contributed by atoms with Crippen molar-refractivity contribution in [3.63, 3.8) is 0 Å². The van der Waals surface area contributed by atoms with Crippen molar-refractivity contribution in [2.75, 3.05) is 0 Å². The minimum absolute atomic E-state index is 0.211. The molecule has 2 atom stereocenters. The SMILES string of the molecule is CC(C(=O)O)C(C)n1nnnc1CC1CCC1. The van der Waals surface area contributed by atoms with Gasteiger partial charge in [0.05, 0.1) is 12.0 Å². The fourth-order valence-electron chi connectivity index (χ4n) is 2.04. The molecule has 17 heavy (non-hydrogen) atoms. The summed E-state index contributed by atoms with van der Waals surface area (Å²) < 4.78 is 1.66. The van der Waals surface area contributed by atoms with Gasteiger partial charge in [0.2, 0.25) is 0 Å². The number of hydrogen-bond acceptors (Lipinski definition) is 4. The summed E-state index contributed by atoms with van der Waals surface area (Å²) in [6, 6.07) is -0.211. The first kappa shape index (κ1) is 12.0. The quantitative estimate of drug-likeness (QED) is 0.836. The highest BCUT2D eigenvalue weighted by Crippen LogP contribution is 2.30. The molecule has 1 saturated carbocycles.